The van der Waals surface area contributed by atoms with Crippen LogP contribution in [0.2, 0.25) is 0 Å². The number of ether oxygens (including phenoxy) is 2. The van der Waals surface area contributed by atoms with Crippen molar-refractivity contribution in [2.24, 2.45) is 0 Å². The van der Waals surface area contributed by atoms with Crippen molar-refractivity contribution >= 4 is 33.7 Å². The lowest BCUT2D eigenvalue weighted by atomic mass is 9.83. The molecule has 248 valence electrons. The predicted molar refractivity (Wildman–Crippen MR) is 215 cm³/mol. The van der Waals surface area contributed by atoms with Gasteiger partial charge in [0.25, 0.3) is 0 Å². The van der Waals surface area contributed by atoms with Gasteiger partial charge < -0.3 is 9.47 Å². The second-order valence-corrected chi connectivity index (χ2v) is 13.2. The summed E-state index contributed by atoms with van der Waals surface area (Å²) in [6, 6.07) is 67.0. The van der Waals surface area contributed by atoms with E-state index >= 15 is 0 Å². The van der Waals surface area contributed by atoms with Gasteiger partial charge in [-0.25, -0.2) is 0 Å². The van der Waals surface area contributed by atoms with Crippen LogP contribution in [0.15, 0.2) is 206 Å². The van der Waals surface area contributed by atoms with Crippen molar-refractivity contribution in [1.29, 1.82) is 0 Å². The molecule has 0 bridgehead atoms. The Labute approximate surface area is 304 Å². The van der Waals surface area contributed by atoms with Crippen LogP contribution in [0.4, 0.5) is 0 Å². The number of rotatable bonds is 4. The summed E-state index contributed by atoms with van der Waals surface area (Å²) in [6.45, 7) is 0. The molecular formula is C50H36O2. The zero-order chi connectivity index (χ0) is 34.8. The van der Waals surface area contributed by atoms with Gasteiger partial charge in [0.15, 0.2) is 11.2 Å². The molecule has 2 heteroatoms. The summed E-state index contributed by atoms with van der Waals surface area (Å²) < 4.78 is 13.5. The van der Waals surface area contributed by atoms with E-state index in [-0.39, 0.29) is 0 Å². The number of fused-ring (bicyclic) bond motifs is 6. The normalized spacial score (nSPS) is 14.6. The van der Waals surface area contributed by atoms with E-state index in [9.17, 15) is 0 Å². The lowest BCUT2D eigenvalue weighted by Gasteiger charge is -2.36. The Morgan fingerprint density at radius 3 is 1.31 bits per heavy atom. The molecule has 52 heavy (non-hydrogen) atoms. The standard InChI is InChI=1S/2C25H18O/c1-3-10-21(11-4-1)25(22-12-5-2-6-13-22)18-17-20-16-15-19-9-7-8-14-23(19)24(20)26-25;1-3-10-20(11-4-1)25(21-12-5-2-6-13-21)18-17-23-22-14-8-7-9-19(22)15-16-24(23)26-25/h2*1-18H. The van der Waals surface area contributed by atoms with E-state index in [1.54, 1.807) is 0 Å². The number of hydrogen-bond acceptors (Lipinski definition) is 2. The Kier molecular flexibility index (Phi) is 7.98. The first-order valence-corrected chi connectivity index (χ1v) is 17.8. The summed E-state index contributed by atoms with van der Waals surface area (Å²) >= 11 is 0. The van der Waals surface area contributed by atoms with Gasteiger partial charge >= 0.3 is 0 Å². The fourth-order valence-corrected chi connectivity index (χ4v) is 7.55. The van der Waals surface area contributed by atoms with Gasteiger partial charge in [0.2, 0.25) is 0 Å². The molecule has 0 saturated carbocycles. The summed E-state index contributed by atoms with van der Waals surface area (Å²) in [5.74, 6) is 1.86. The van der Waals surface area contributed by atoms with Gasteiger partial charge in [-0.05, 0) is 40.5 Å². The molecule has 2 aliphatic rings. The molecule has 0 fully saturated rings. The largest absolute Gasteiger partial charge is 0.473 e. The molecule has 8 aromatic rings. The lowest BCUT2D eigenvalue weighted by Crippen LogP contribution is -2.34. The first-order chi connectivity index (χ1) is 25.7. The van der Waals surface area contributed by atoms with Crippen LogP contribution in [0.1, 0.15) is 33.4 Å². The second kappa shape index (κ2) is 13.2. The molecular weight excluding hydrogens is 633 g/mol. The highest BCUT2D eigenvalue weighted by molar-refractivity contribution is 5.94. The molecule has 2 nitrogen and oxygen atoms in total. The van der Waals surface area contributed by atoms with Crippen molar-refractivity contribution < 1.29 is 9.47 Å². The van der Waals surface area contributed by atoms with Gasteiger partial charge in [0.1, 0.15) is 11.5 Å². The third kappa shape index (κ3) is 5.46. The maximum absolute atomic E-state index is 6.82. The summed E-state index contributed by atoms with van der Waals surface area (Å²) in [6.07, 6.45) is 8.76. The van der Waals surface area contributed by atoms with E-state index in [0.717, 1.165) is 50.3 Å². The van der Waals surface area contributed by atoms with Gasteiger partial charge in [-0.3, -0.25) is 0 Å². The smallest absolute Gasteiger partial charge is 0.178 e. The SMILES string of the molecule is C1=CC(c2ccccc2)(c2ccccc2)Oc2c1ccc1ccccc21.C1=CC(c2ccccc2)(c2ccccc2)Oc2ccc3ccccc3c21. The summed E-state index contributed by atoms with van der Waals surface area (Å²) in [5.41, 5.74) is 5.53. The quantitative estimate of drug-likeness (QED) is 0.186. The van der Waals surface area contributed by atoms with E-state index in [1.807, 2.05) is 24.3 Å². The lowest BCUT2D eigenvalue weighted by molar-refractivity contribution is 0.161. The minimum Gasteiger partial charge on any atom is -0.473 e. The van der Waals surface area contributed by atoms with E-state index in [1.165, 1.54) is 16.2 Å². The summed E-state index contributed by atoms with van der Waals surface area (Å²) in [5, 5.41) is 4.78. The van der Waals surface area contributed by atoms with Crippen LogP contribution in [0.25, 0.3) is 33.7 Å². The van der Waals surface area contributed by atoms with E-state index in [2.05, 4.69) is 194 Å². The predicted octanol–water partition coefficient (Wildman–Crippen LogP) is 12.4. The summed E-state index contributed by atoms with van der Waals surface area (Å²) in [4.78, 5) is 0. The fraction of sp³-hybridized carbons (Fsp3) is 0.0400. The molecule has 2 aliphatic heterocycles. The minimum atomic E-state index is -0.625. The molecule has 0 radical (unpaired) electrons. The molecule has 0 spiro atoms. The Morgan fingerprint density at radius 1 is 0.327 bits per heavy atom. The molecule has 0 aromatic heterocycles. The first-order valence-electron chi connectivity index (χ1n) is 17.8. The Balaban J connectivity index is 0.000000138. The van der Waals surface area contributed by atoms with Crippen molar-refractivity contribution in [2.75, 3.05) is 0 Å². The monoisotopic (exact) mass is 668 g/mol. The van der Waals surface area contributed by atoms with Crippen LogP contribution in [-0.4, -0.2) is 0 Å². The molecule has 0 atom stereocenters. The van der Waals surface area contributed by atoms with Crippen LogP contribution in [-0.2, 0) is 11.2 Å². The van der Waals surface area contributed by atoms with Crippen molar-refractivity contribution in [1.82, 2.24) is 0 Å². The zero-order valence-corrected chi connectivity index (χ0v) is 28.6. The van der Waals surface area contributed by atoms with Gasteiger partial charge in [0.05, 0.1) is 0 Å². The van der Waals surface area contributed by atoms with Crippen molar-refractivity contribution in [3.8, 4) is 11.5 Å². The average molecular weight is 669 g/mol. The van der Waals surface area contributed by atoms with E-state index in [0.29, 0.717) is 0 Å². The average Bonchev–Trinajstić information content (AvgIpc) is 3.24. The second-order valence-electron chi connectivity index (χ2n) is 13.2. The fourth-order valence-electron chi connectivity index (χ4n) is 7.55. The first kappa shape index (κ1) is 31.3. The zero-order valence-electron chi connectivity index (χ0n) is 28.6. The molecule has 2 heterocycles. The van der Waals surface area contributed by atoms with Crippen LogP contribution >= 0.6 is 0 Å². The highest BCUT2D eigenvalue weighted by atomic mass is 16.5. The molecule has 0 amide bonds. The highest BCUT2D eigenvalue weighted by Crippen LogP contribution is 2.46. The van der Waals surface area contributed by atoms with Crippen LogP contribution in [0.3, 0.4) is 0 Å². The van der Waals surface area contributed by atoms with E-state index < -0.39 is 11.2 Å². The highest BCUT2D eigenvalue weighted by Gasteiger charge is 2.38. The van der Waals surface area contributed by atoms with Crippen LogP contribution < -0.4 is 9.47 Å². The molecule has 0 unspecified atom stereocenters. The third-order valence-corrected chi connectivity index (χ3v) is 10.2. The van der Waals surface area contributed by atoms with Crippen LogP contribution in [0, 0.1) is 0 Å². The van der Waals surface area contributed by atoms with Crippen molar-refractivity contribution in [3.63, 3.8) is 0 Å². The maximum atomic E-state index is 6.82. The van der Waals surface area contributed by atoms with Crippen molar-refractivity contribution in [2.45, 2.75) is 11.2 Å². The van der Waals surface area contributed by atoms with Crippen molar-refractivity contribution in [3.05, 3.63) is 240 Å². The minimum absolute atomic E-state index is 0.613. The van der Waals surface area contributed by atoms with Gasteiger partial charge in [0, 0.05) is 38.8 Å². The Hall–Kier alpha value is -6.64. The molecule has 10 rings (SSSR count). The van der Waals surface area contributed by atoms with Crippen LogP contribution in [0.5, 0.6) is 11.5 Å². The molecule has 0 aliphatic carbocycles. The summed E-state index contributed by atoms with van der Waals surface area (Å²) in [7, 11) is 0. The molecule has 0 N–H and O–H groups in total. The number of benzene rings is 8. The van der Waals surface area contributed by atoms with Gasteiger partial charge in [-0.15, -0.1) is 0 Å². The molecule has 0 saturated heterocycles. The van der Waals surface area contributed by atoms with Gasteiger partial charge in [-0.1, -0.05) is 194 Å². The van der Waals surface area contributed by atoms with E-state index in [4.69, 9.17) is 9.47 Å². The number of hydrogen-bond donors (Lipinski definition) is 0. The van der Waals surface area contributed by atoms with Gasteiger partial charge in [-0.2, -0.15) is 0 Å². The Morgan fingerprint density at radius 2 is 0.750 bits per heavy atom. The topological polar surface area (TPSA) is 18.5 Å². The maximum Gasteiger partial charge on any atom is 0.178 e. The Bertz CT molecular complexity index is 2480. The molecule has 8 aromatic carbocycles. The third-order valence-electron chi connectivity index (χ3n) is 10.2.